The maximum atomic E-state index is 9.32. The molecule has 0 spiro atoms. The van der Waals surface area contributed by atoms with Crippen LogP contribution >= 0.6 is 0 Å². The predicted molar refractivity (Wildman–Crippen MR) is 93.7 cm³/mol. The second-order valence-electron chi connectivity index (χ2n) is 5.10. The van der Waals surface area contributed by atoms with Crippen molar-refractivity contribution in [3.05, 3.63) is 71.5 Å². The van der Waals surface area contributed by atoms with Gasteiger partial charge in [-0.05, 0) is 42.7 Å². The minimum atomic E-state index is 0.322. The average Bonchev–Trinajstić information content (AvgIpc) is 2.43. The van der Waals surface area contributed by atoms with E-state index in [1.807, 2.05) is 32.3 Å². The molecule has 1 aromatic carbocycles. The highest BCUT2D eigenvalue weighted by Crippen LogP contribution is 2.13. The van der Waals surface area contributed by atoms with Crippen molar-refractivity contribution in [1.82, 2.24) is 0 Å². The summed E-state index contributed by atoms with van der Waals surface area (Å²) >= 11 is 0. The second kappa shape index (κ2) is 8.85. The molecular weight excluding hydrogens is 258 g/mol. The molecule has 0 aliphatic carbocycles. The van der Waals surface area contributed by atoms with E-state index in [1.54, 1.807) is 13.0 Å². The molecule has 1 N–H and O–H groups in total. The van der Waals surface area contributed by atoms with Crippen molar-refractivity contribution in [2.75, 3.05) is 19.0 Å². The number of benzene rings is 1. The van der Waals surface area contributed by atoms with Gasteiger partial charge in [0.05, 0.1) is 5.76 Å². The Bertz CT molecular complexity index is 541. The van der Waals surface area contributed by atoms with Crippen molar-refractivity contribution in [3.63, 3.8) is 0 Å². The Labute approximate surface area is 128 Å². The van der Waals surface area contributed by atoms with Gasteiger partial charge in [-0.3, -0.25) is 0 Å². The molecule has 0 amide bonds. The van der Waals surface area contributed by atoms with Gasteiger partial charge in [-0.15, -0.1) is 0 Å². The molecule has 0 bridgehead atoms. The lowest BCUT2D eigenvalue weighted by atomic mass is 10.1. The Balaban J connectivity index is 2.70. The van der Waals surface area contributed by atoms with E-state index in [1.165, 1.54) is 11.3 Å². The number of aliphatic hydroxyl groups is 1. The first-order valence-corrected chi connectivity index (χ1v) is 7.22. The van der Waals surface area contributed by atoms with Crippen molar-refractivity contribution in [2.45, 2.75) is 20.3 Å². The summed E-state index contributed by atoms with van der Waals surface area (Å²) in [5.74, 6) is 0.322. The Hall–Kier alpha value is -2.22. The van der Waals surface area contributed by atoms with Gasteiger partial charge in [0, 0.05) is 19.8 Å². The molecule has 0 saturated carbocycles. The molecule has 1 rings (SSSR count). The molecule has 0 aliphatic rings. The average molecular weight is 283 g/mol. The van der Waals surface area contributed by atoms with E-state index in [4.69, 9.17) is 0 Å². The van der Waals surface area contributed by atoms with Gasteiger partial charge in [-0.1, -0.05) is 49.4 Å². The molecule has 2 nitrogen and oxygen atoms in total. The molecule has 2 heteroatoms. The summed E-state index contributed by atoms with van der Waals surface area (Å²) in [5, 5.41) is 9.32. The molecule has 0 saturated heterocycles. The first-order valence-electron chi connectivity index (χ1n) is 7.22. The fourth-order valence-electron chi connectivity index (χ4n) is 1.87. The smallest absolute Gasteiger partial charge is 0.0897 e. The van der Waals surface area contributed by atoms with Crippen LogP contribution in [0.3, 0.4) is 0 Å². The summed E-state index contributed by atoms with van der Waals surface area (Å²) in [4.78, 5) is 2.08. The lowest BCUT2D eigenvalue weighted by molar-refractivity contribution is 0.414. The summed E-state index contributed by atoms with van der Waals surface area (Å²) in [6.07, 6.45) is 12.8. The lowest BCUT2D eigenvalue weighted by Gasteiger charge is -2.11. The molecule has 0 fully saturated rings. The molecule has 0 aliphatic heterocycles. The number of rotatable bonds is 6. The van der Waals surface area contributed by atoms with E-state index in [9.17, 15) is 5.11 Å². The highest BCUT2D eigenvalue weighted by Gasteiger charge is 1.93. The highest BCUT2D eigenvalue weighted by molar-refractivity contribution is 5.56. The topological polar surface area (TPSA) is 23.5 Å². The molecule has 0 unspecified atom stereocenters. The standard InChI is InChI=1S/C19H25NO/c1-5-8-18(15-16(2)21)10-7-6-9-17-11-13-19(14-12-17)20(3)4/h6-15,21H,5H2,1-4H3/b9-6+,10-7+,16-15-,18-8-. The van der Waals surface area contributed by atoms with Crippen LogP contribution in [-0.2, 0) is 0 Å². The first-order chi connectivity index (χ1) is 10.0. The molecule has 21 heavy (non-hydrogen) atoms. The van der Waals surface area contributed by atoms with Crippen molar-refractivity contribution in [3.8, 4) is 0 Å². The van der Waals surface area contributed by atoms with Crippen LogP contribution in [0.1, 0.15) is 25.8 Å². The van der Waals surface area contributed by atoms with Gasteiger partial charge in [0.15, 0.2) is 0 Å². The van der Waals surface area contributed by atoms with Gasteiger partial charge in [-0.25, -0.2) is 0 Å². The third kappa shape index (κ3) is 6.66. The largest absolute Gasteiger partial charge is 0.513 e. The number of hydrogen-bond acceptors (Lipinski definition) is 2. The minimum absolute atomic E-state index is 0.322. The van der Waals surface area contributed by atoms with Crippen molar-refractivity contribution >= 4 is 11.8 Å². The number of nitrogens with zero attached hydrogens (tertiary/aromatic N) is 1. The summed E-state index contributed by atoms with van der Waals surface area (Å²) < 4.78 is 0. The zero-order valence-electron chi connectivity index (χ0n) is 13.4. The second-order valence-corrected chi connectivity index (χ2v) is 5.10. The zero-order chi connectivity index (χ0) is 15.7. The van der Waals surface area contributed by atoms with Gasteiger partial charge in [0.1, 0.15) is 0 Å². The monoisotopic (exact) mass is 283 g/mol. The summed E-state index contributed by atoms with van der Waals surface area (Å²) in [7, 11) is 4.07. The zero-order valence-corrected chi connectivity index (χ0v) is 13.4. The maximum absolute atomic E-state index is 9.32. The Morgan fingerprint density at radius 3 is 2.33 bits per heavy atom. The quantitative estimate of drug-likeness (QED) is 0.578. The summed E-state index contributed by atoms with van der Waals surface area (Å²) in [5.41, 5.74) is 3.38. The van der Waals surface area contributed by atoms with Crippen molar-refractivity contribution in [1.29, 1.82) is 0 Å². The van der Waals surface area contributed by atoms with E-state index >= 15 is 0 Å². The third-order valence-corrected chi connectivity index (χ3v) is 2.91. The van der Waals surface area contributed by atoms with Crippen LogP contribution in [0.2, 0.25) is 0 Å². The minimum Gasteiger partial charge on any atom is -0.513 e. The SMILES string of the molecule is CC/C=C(\C=C(\C)O)/C=C/C=C/c1ccc(N(C)C)cc1. The molecular formula is C19H25NO. The van der Waals surface area contributed by atoms with Gasteiger partial charge < -0.3 is 10.0 Å². The number of aliphatic hydroxyl groups excluding tert-OH is 1. The molecule has 0 atom stereocenters. The molecule has 1 aromatic rings. The Kier molecular flexibility index (Phi) is 7.10. The summed E-state index contributed by atoms with van der Waals surface area (Å²) in [6.45, 7) is 3.76. The van der Waals surface area contributed by atoms with E-state index in [2.05, 4.69) is 48.2 Å². The number of hydrogen-bond donors (Lipinski definition) is 1. The van der Waals surface area contributed by atoms with E-state index in [0.29, 0.717) is 5.76 Å². The fourth-order valence-corrected chi connectivity index (χ4v) is 1.87. The normalized spacial score (nSPS) is 13.3. The van der Waals surface area contributed by atoms with Crippen LogP contribution in [0.25, 0.3) is 6.08 Å². The molecule has 0 heterocycles. The molecule has 112 valence electrons. The highest BCUT2D eigenvalue weighted by atomic mass is 16.3. The van der Waals surface area contributed by atoms with Gasteiger partial charge >= 0.3 is 0 Å². The number of anilines is 1. The van der Waals surface area contributed by atoms with E-state index < -0.39 is 0 Å². The van der Waals surface area contributed by atoms with Crippen LogP contribution in [0, 0.1) is 0 Å². The van der Waals surface area contributed by atoms with Crippen LogP contribution in [-0.4, -0.2) is 19.2 Å². The Morgan fingerprint density at radius 1 is 1.14 bits per heavy atom. The summed E-state index contributed by atoms with van der Waals surface area (Å²) in [6, 6.07) is 8.40. The van der Waals surface area contributed by atoms with Crippen LogP contribution in [0.15, 0.2) is 66.0 Å². The van der Waals surface area contributed by atoms with Gasteiger partial charge in [-0.2, -0.15) is 0 Å². The van der Waals surface area contributed by atoms with Gasteiger partial charge in [0.25, 0.3) is 0 Å². The van der Waals surface area contributed by atoms with Crippen molar-refractivity contribution in [2.24, 2.45) is 0 Å². The maximum Gasteiger partial charge on any atom is 0.0897 e. The van der Waals surface area contributed by atoms with E-state index in [0.717, 1.165) is 12.0 Å². The van der Waals surface area contributed by atoms with Gasteiger partial charge in [0.2, 0.25) is 0 Å². The molecule has 0 radical (unpaired) electrons. The van der Waals surface area contributed by atoms with Crippen LogP contribution in [0.4, 0.5) is 5.69 Å². The van der Waals surface area contributed by atoms with Crippen molar-refractivity contribution < 1.29 is 5.11 Å². The Morgan fingerprint density at radius 2 is 1.81 bits per heavy atom. The fraction of sp³-hybridized carbons (Fsp3) is 0.263. The van der Waals surface area contributed by atoms with E-state index in [-0.39, 0.29) is 0 Å². The third-order valence-electron chi connectivity index (χ3n) is 2.91. The molecule has 0 aromatic heterocycles. The predicted octanol–water partition coefficient (Wildman–Crippen LogP) is 5.12. The first kappa shape index (κ1) is 16.8. The van der Waals surface area contributed by atoms with Crippen LogP contribution < -0.4 is 4.90 Å². The van der Waals surface area contributed by atoms with Crippen LogP contribution in [0.5, 0.6) is 0 Å². The number of allylic oxidation sites excluding steroid dienone is 7. The lowest BCUT2D eigenvalue weighted by Crippen LogP contribution is -2.07.